The van der Waals surface area contributed by atoms with Crippen molar-refractivity contribution < 1.29 is 9.53 Å². The molecule has 0 radical (unpaired) electrons. The van der Waals surface area contributed by atoms with Gasteiger partial charge >= 0.3 is 11.7 Å². The second-order valence-corrected chi connectivity index (χ2v) is 7.01. The maximum atomic E-state index is 12.2. The highest BCUT2D eigenvalue weighted by Crippen LogP contribution is 2.66. The van der Waals surface area contributed by atoms with Crippen LogP contribution in [0.5, 0.6) is 0 Å². The molecule has 3 unspecified atom stereocenters. The number of aromatic amines is 2. The molecule has 2 aliphatic rings. The molecule has 6 nitrogen and oxygen atoms in total. The summed E-state index contributed by atoms with van der Waals surface area (Å²) in [6.45, 7) is 6.62. The monoisotopic (exact) mass is 292 g/mol. The number of carbonyl (C=O) groups is 1. The third kappa shape index (κ3) is 1.96. The summed E-state index contributed by atoms with van der Waals surface area (Å²) in [5.41, 5.74) is -1.30. The smallest absolute Gasteiger partial charge is 0.355 e. The highest BCUT2D eigenvalue weighted by molar-refractivity contribution is 5.87. The molecule has 0 aliphatic heterocycles. The number of hydrogen-bond acceptors (Lipinski definition) is 4. The molecule has 3 rings (SSSR count). The highest BCUT2D eigenvalue weighted by Gasteiger charge is 2.62. The second-order valence-electron chi connectivity index (χ2n) is 7.01. The van der Waals surface area contributed by atoms with Crippen molar-refractivity contribution in [3.8, 4) is 0 Å². The van der Waals surface area contributed by atoms with Crippen LogP contribution >= 0.6 is 0 Å². The number of H-pyrrole nitrogens is 2. The van der Waals surface area contributed by atoms with Crippen LogP contribution in [0.3, 0.4) is 0 Å². The molecule has 2 bridgehead atoms. The molecule has 3 atom stereocenters. The number of hydrogen-bond donors (Lipinski definition) is 2. The molecule has 21 heavy (non-hydrogen) atoms. The van der Waals surface area contributed by atoms with E-state index in [0.29, 0.717) is 5.92 Å². The Labute approximate surface area is 121 Å². The van der Waals surface area contributed by atoms with Crippen molar-refractivity contribution in [3.05, 3.63) is 32.6 Å². The highest BCUT2D eigenvalue weighted by atomic mass is 16.5. The van der Waals surface area contributed by atoms with E-state index in [1.54, 1.807) is 0 Å². The average molecular weight is 292 g/mol. The van der Waals surface area contributed by atoms with Gasteiger partial charge in [-0.1, -0.05) is 20.8 Å². The Morgan fingerprint density at radius 2 is 2.00 bits per heavy atom. The normalized spacial score (nSPS) is 33.1. The zero-order valence-corrected chi connectivity index (χ0v) is 12.5. The molecule has 0 aromatic carbocycles. The van der Waals surface area contributed by atoms with E-state index >= 15 is 0 Å². The number of ether oxygens (including phenoxy) is 1. The number of aromatic nitrogens is 2. The molecular weight excluding hydrogens is 272 g/mol. The molecule has 6 heteroatoms. The van der Waals surface area contributed by atoms with Crippen LogP contribution in [0.15, 0.2) is 15.7 Å². The van der Waals surface area contributed by atoms with E-state index in [-0.39, 0.29) is 22.6 Å². The van der Waals surface area contributed by atoms with Crippen LogP contribution in [0.4, 0.5) is 0 Å². The van der Waals surface area contributed by atoms with Gasteiger partial charge in [-0.05, 0) is 30.6 Å². The third-order valence-corrected chi connectivity index (χ3v) is 5.94. The van der Waals surface area contributed by atoms with Gasteiger partial charge < -0.3 is 9.72 Å². The van der Waals surface area contributed by atoms with Crippen molar-refractivity contribution in [2.24, 2.45) is 16.7 Å². The van der Waals surface area contributed by atoms with Crippen molar-refractivity contribution in [3.63, 3.8) is 0 Å². The van der Waals surface area contributed by atoms with Crippen molar-refractivity contribution in [2.45, 2.75) is 46.1 Å². The lowest BCUT2D eigenvalue weighted by Gasteiger charge is -2.38. The first kappa shape index (κ1) is 14.1. The molecule has 0 spiro atoms. The van der Waals surface area contributed by atoms with Gasteiger partial charge in [0.1, 0.15) is 11.8 Å². The Balaban J connectivity index is 1.84. The lowest BCUT2D eigenvalue weighted by Crippen LogP contribution is -2.39. The van der Waals surface area contributed by atoms with Gasteiger partial charge in [-0.2, -0.15) is 0 Å². The molecule has 1 heterocycles. The summed E-state index contributed by atoms with van der Waals surface area (Å²) < 4.78 is 5.62. The minimum Gasteiger partial charge on any atom is -0.457 e. The van der Waals surface area contributed by atoms with Gasteiger partial charge in [0.15, 0.2) is 0 Å². The fourth-order valence-corrected chi connectivity index (χ4v) is 4.08. The molecule has 2 aliphatic carbocycles. The molecule has 0 saturated heterocycles. The van der Waals surface area contributed by atoms with Gasteiger partial charge in [-0.25, -0.2) is 9.59 Å². The van der Waals surface area contributed by atoms with Gasteiger partial charge in [0.25, 0.3) is 5.56 Å². The van der Waals surface area contributed by atoms with Crippen LogP contribution in [0.25, 0.3) is 0 Å². The molecule has 1 aromatic rings. The van der Waals surface area contributed by atoms with E-state index in [9.17, 15) is 14.4 Å². The van der Waals surface area contributed by atoms with Crippen LogP contribution in [0.2, 0.25) is 0 Å². The Hall–Kier alpha value is -1.85. The molecule has 2 N–H and O–H groups in total. The number of rotatable bonds is 2. The van der Waals surface area contributed by atoms with E-state index in [2.05, 4.69) is 25.8 Å². The topological polar surface area (TPSA) is 92.0 Å². The molecule has 2 saturated carbocycles. The third-order valence-electron chi connectivity index (χ3n) is 5.94. The van der Waals surface area contributed by atoms with Crippen LogP contribution in [0.1, 0.15) is 50.5 Å². The van der Waals surface area contributed by atoms with Crippen LogP contribution in [-0.2, 0) is 4.74 Å². The van der Waals surface area contributed by atoms with Crippen molar-refractivity contribution >= 4 is 5.97 Å². The summed E-state index contributed by atoms with van der Waals surface area (Å²) in [7, 11) is 0. The fourth-order valence-electron chi connectivity index (χ4n) is 4.08. The van der Waals surface area contributed by atoms with E-state index in [4.69, 9.17) is 4.74 Å². The molecular formula is C15H20N2O4. The minimum absolute atomic E-state index is 0.0468. The van der Waals surface area contributed by atoms with Crippen molar-refractivity contribution in [2.75, 3.05) is 0 Å². The lowest BCUT2D eigenvalue weighted by molar-refractivity contribution is -0.0247. The number of nitrogens with one attached hydrogen (secondary N) is 2. The first-order chi connectivity index (χ1) is 9.74. The maximum Gasteiger partial charge on any atom is 0.355 e. The summed E-state index contributed by atoms with van der Waals surface area (Å²) in [6.07, 6.45) is 2.89. The van der Waals surface area contributed by atoms with Gasteiger partial charge in [0.2, 0.25) is 0 Å². The summed E-state index contributed by atoms with van der Waals surface area (Å²) in [5, 5.41) is 0. The predicted octanol–water partition coefficient (Wildman–Crippen LogP) is 1.43. The first-order valence-corrected chi connectivity index (χ1v) is 7.29. The van der Waals surface area contributed by atoms with Crippen molar-refractivity contribution in [1.82, 2.24) is 9.97 Å². The van der Waals surface area contributed by atoms with E-state index in [1.807, 2.05) is 4.98 Å². The SMILES string of the molecule is CC1(C)C2CCC1(C)C(OC(=O)c1cc(=O)[nH]c(=O)[nH]1)C2. The number of esters is 1. The maximum absolute atomic E-state index is 12.2. The van der Waals surface area contributed by atoms with Crippen molar-refractivity contribution in [1.29, 1.82) is 0 Å². The van der Waals surface area contributed by atoms with Crippen LogP contribution < -0.4 is 11.2 Å². The molecule has 1 aromatic heterocycles. The number of carbonyl (C=O) groups excluding carboxylic acids is 1. The second kappa shape index (κ2) is 4.32. The Kier molecular flexibility index (Phi) is 2.90. The van der Waals surface area contributed by atoms with E-state index in [0.717, 1.165) is 18.9 Å². The summed E-state index contributed by atoms with van der Waals surface area (Å²) in [6, 6.07) is 1.06. The molecule has 114 valence electrons. The first-order valence-electron chi connectivity index (χ1n) is 7.29. The molecule has 0 amide bonds. The average Bonchev–Trinajstić information content (AvgIpc) is 2.70. The Morgan fingerprint density at radius 3 is 2.52 bits per heavy atom. The zero-order chi connectivity index (χ0) is 15.4. The lowest BCUT2D eigenvalue weighted by atomic mass is 9.70. The summed E-state index contributed by atoms with van der Waals surface area (Å²) >= 11 is 0. The standard InChI is InChI=1S/C15H20N2O4/c1-14(2)8-4-5-15(14,3)10(6-8)21-12(19)9-7-11(18)17-13(20)16-9/h7-8,10H,4-6H2,1-3H3,(H2,16,17,18,20). The number of fused-ring (bicyclic) bond motifs is 2. The fraction of sp³-hybridized carbons (Fsp3) is 0.667. The zero-order valence-electron chi connectivity index (χ0n) is 12.5. The predicted molar refractivity (Wildman–Crippen MR) is 76.1 cm³/mol. The quantitative estimate of drug-likeness (QED) is 0.807. The summed E-state index contributed by atoms with van der Waals surface area (Å²) in [5.74, 6) is -0.0775. The van der Waals surface area contributed by atoms with Gasteiger partial charge in [-0.15, -0.1) is 0 Å². The molecule has 2 fully saturated rings. The summed E-state index contributed by atoms with van der Waals surface area (Å²) in [4.78, 5) is 39.0. The Morgan fingerprint density at radius 1 is 1.29 bits per heavy atom. The Bertz CT molecular complexity index is 674. The largest absolute Gasteiger partial charge is 0.457 e. The van der Waals surface area contributed by atoms with E-state index < -0.39 is 17.2 Å². The minimum atomic E-state index is -0.700. The van der Waals surface area contributed by atoms with Crippen LogP contribution in [0, 0.1) is 16.7 Å². The van der Waals surface area contributed by atoms with Gasteiger partial charge in [0.05, 0.1) is 0 Å². The van der Waals surface area contributed by atoms with Gasteiger partial charge in [0, 0.05) is 11.5 Å². The van der Waals surface area contributed by atoms with Crippen LogP contribution in [-0.4, -0.2) is 22.0 Å². The van der Waals surface area contributed by atoms with Gasteiger partial charge in [-0.3, -0.25) is 9.78 Å². The van der Waals surface area contributed by atoms with E-state index in [1.165, 1.54) is 6.42 Å².